The monoisotopic (exact) mass is 231 g/mol. The average Bonchev–Trinajstić information content (AvgIpc) is 2.72. The van der Waals surface area contributed by atoms with Crippen LogP contribution in [0.5, 0.6) is 0 Å². The first-order valence-corrected chi connectivity index (χ1v) is 6.10. The smallest absolute Gasteiger partial charge is 0.0706 e. The summed E-state index contributed by atoms with van der Waals surface area (Å²) >= 11 is 0. The molecular weight excluding hydrogens is 214 g/mol. The van der Waals surface area contributed by atoms with Crippen LogP contribution < -0.4 is 5.32 Å². The van der Waals surface area contributed by atoms with Gasteiger partial charge in [0, 0.05) is 23.8 Å². The molecule has 1 fully saturated rings. The van der Waals surface area contributed by atoms with Gasteiger partial charge in [-0.1, -0.05) is 6.07 Å². The first-order chi connectivity index (χ1) is 8.33. The van der Waals surface area contributed by atoms with E-state index in [9.17, 15) is 5.11 Å². The molecule has 0 spiro atoms. The summed E-state index contributed by atoms with van der Waals surface area (Å²) in [5.74, 6) is 0. The van der Waals surface area contributed by atoms with E-state index < -0.39 is 0 Å². The predicted molar refractivity (Wildman–Crippen MR) is 65.7 cm³/mol. The lowest BCUT2D eigenvalue weighted by Gasteiger charge is -2.41. The summed E-state index contributed by atoms with van der Waals surface area (Å²) in [6.45, 7) is 1.00. The molecule has 1 aliphatic carbocycles. The van der Waals surface area contributed by atoms with Crippen molar-refractivity contribution in [2.45, 2.75) is 31.3 Å². The summed E-state index contributed by atoms with van der Waals surface area (Å²) in [4.78, 5) is 0. The fourth-order valence-electron chi connectivity index (χ4n) is 2.40. The maximum Gasteiger partial charge on any atom is 0.0706 e. The Morgan fingerprint density at radius 2 is 2.29 bits per heavy atom. The van der Waals surface area contributed by atoms with Crippen molar-refractivity contribution in [2.75, 3.05) is 6.61 Å². The Balaban J connectivity index is 1.77. The highest BCUT2D eigenvalue weighted by Gasteiger charge is 2.35. The molecule has 90 valence electrons. The van der Waals surface area contributed by atoms with Crippen molar-refractivity contribution in [3.8, 4) is 0 Å². The Labute approximate surface area is 100 Å². The summed E-state index contributed by atoms with van der Waals surface area (Å²) in [6.07, 6.45) is 7.20. The third-order valence-electron chi connectivity index (χ3n) is 3.77. The van der Waals surface area contributed by atoms with Crippen molar-refractivity contribution in [1.29, 1.82) is 0 Å². The van der Waals surface area contributed by atoms with Gasteiger partial charge >= 0.3 is 0 Å². The Hall–Kier alpha value is -1.39. The van der Waals surface area contributed by atoms with Gasteiger partial charge in [-0.25, -0.2) is 4.52 Å². The zero-order valence-corrected chi connectivity index (χ0v) is 9.76. The SMILES string of the molecule is OCC1(NCc2cnn3ccccc23)CCC1. The first-order valence-electron chi connectivity index (χ1n) is 6.10. The molecule has 0 saturated heterocycles. The highest BCUT2D eigenvalue weighted by Crippen LogP contribution is 2.31. The van der Waals surface area contributed by atoms with Crippen LogP contribution >= 0.6 is 0 Å². The molecule has 17 heavy (non-hydrogen) atoms. The number of aromatic nitrogens is 2. The molecule has 1 aliphatic rings. The van der Waals surface area contributed by atoms with E-state index in [0.717, 1.165) is 24.9 Å². The lowest BCUT2D eigenvalue weighted by molar-refractivity contribution is 0.0873. The number of aliphatic hydroxyl groups is 1. The summed E-state index contributed by atoms with van der Waals surface area (Å²) < 4.78 is 1.88. The molecule has 0 bridgehead atoms. The maximum atomic E-state index is 9.40. The number of aliphatic hydroxyl groups excluding tert-OH is 1. The van der Waals surface area contributed by atoms with E-state index in [-0.39, 0.29) is 12.1 Å². The van der Waals surface area contributed by atoms with E-state index in [4.69, 9.17) is 0 Å². The van der Waals surface area contributed by atoms with Crippen molar-refractivity contribution < 1.29 is 5.11 Å². The molecule has 2 aromatic rings. The van der Waals surface area contributed by atoms with Gasteiger partial charge in [0.2, 0.25) is 0 Å². The molecule has 1 saturated carbocycles. The van der Waals surface area contributed by atoms with E-state index in [1.807, 2.05) is 29.0 Å². The predicted octanol–water partition coefficient (Wildman–Crippen LogP) is 1.34. The largest absolute Gasteiger partial charge is 0.394 e. The van der Waals surface area contributed by atoms with Crippen LogP contribution in [0.4, 0.5) is 0 Å². The maximum absolute atomic E-state index is 9.40. The van der Waals surface area contributed by atoms with Gasteiger partial charge in [0.15, 0.2) is 0 Å². The van der Waals surface area contributed by atoms with Crippen molar-refractivity contribution in [3.63, 3.8) is 0 Å². The molecule has 4 nitrogen and oxygen atoms in total. The van der Waals surface area contributed by atoms with Gasteiger partial charge in [-0.2, -0.15) is 5.10 Å². The van der Waals surface area contributed by atoms with Crippen LogP contribution in [0.2, 0.25) is 0 Å². The third kappa shape index (κ3) is 1.83. The molecule has 0 amide bonds. The molecule has 2 aromatic heterocycles. The van der Waals surface area contributed by atoms with Crippen molar-refractivity contribution in [3.05, 3.63) is 36.2 Å². The average molecular weight is 231 g/mol. The van der Waals surface area contributed by atoms with E-state index in [2.05, 4.69) is 16.5 Å². The second-order valence-corrected chi connectivity index (χ2v) is 4.85. The van der Waals surface area contributed by atoms with Gasteiger partial charge < -0.3 is 10.4 Å². The van der Waals surface area contributed by atoms with Gasteiger partial charge in [0.05, 0.1) is 18.3 Å². The number of nitrogens with one attached hydrogen (secondary N) is 1. The quantitative estimate of drug-likeness (QED) is 0.835. The van der Waals surface area contributed by atoms with Crippen LogP contribution in [0.1, 0.15) is 24.8 Å². The van der Waals surface area contributed by atoms with Gasteiger partial charge in [0.25, 0.3) is 0 Å². The first kappa shape index (κ1) is 10.7. The summed E-state index contributed by atoms with van der Waals surface area (Å²) in [5.41, 5.74) is 2.28. The topological polar surface area (TPSA) is 49.6 Å². The molecule has 0 aromatic carbocycles. The van der Waals surface area contributed by atoms with Gasteiger partial charge in [-0.15, -0.1) is 0 Å². The normalized spacial score (nSPS) is 18.2. The zero-order chi connectivity index (χ0) is 11.7. The van der Waals surface area contributed by atoms with Crippen LogP contribution in [0, 0.1) is 0 Å². The fourth-order valence-corrected chi connectivity index (χ4v) is 2.40. The van der Waals surface area contributed by atoms with Crippen molar-refractivity contribution in [1.82, 2.24) is 14.9 Å². The van der Waals surface area contributed by atoms with Crippen LogP contribution in [-0.4, -0.2) is 26.9 Å². The van der Waals surface area contributed by atoms with Crippen LogP contribution in [0.3, 0.4) is 0 Å². The minimum Gasteiger partial charge on any atom is -0.394 e. The van der Waals surface area contributed by atoms with Crippen LogP contribution in [-0.2, 0) is 6.54 Å². The molecule has 2 N–H and O–H groups in total. The fraction of sp³-hybridized carbons (Fsp3) is 0.462. The second kappa shape index (κ2) is 4.13. The number of fused-ring (bicyclic) bond motifs is 1. The number of pyridine rings is 1. The van der Waals surface area contributed by atoms with Gasteiger partial charge in [0.1, 0.15) is 0 Å². The molecular formula is C13H17N3O. The highest BCUT2D eigenvalue weighted by atomic mass is 16.3. The number of rotatable bonds is 4. The number of hydrogen-bond acceptors (Lipinski definition) is 3. The van der Waals surface area contributed by atoms with E-state index in [1.54, 1.807) is 0 Å². The minimum absolute atomic E-state index is 0.0387. The zero-order valence-electron chi connectivity index (χ0n) is 9.76. The van der Waals surface area contributed by atoms with Gasteiger partial charge in [-0.3, -0.25) is 0 Å². The Morgan fingerprint density at radius 1 is 1.41 bits per heavy atom. The standard InChI is InChI=1S/C13H17N3O/c17-10-13(5-3-6-13)14-8-11-9-15-16-7-2-1-4-12(11)16/h1-2,4,7,9,14,17H,3,5-6,8,10H2. The van der Waals surface area contributed by atoms with E-state index in [1.165, 1.54) is 12.0 Å². The molecule has 0 radical (unpaired) electrons. The van der Waals surface area contributed by atoms with E-state index >= 15 is 0 Å². The molecule has 0 aliphatic heterocycles. The number of nitrogens with zero attached hydrogens (tertiary/aromatic N) is 2. The molecule has 0 unspecified atom stereocenters. The Bertz CT molecular complexity index is 511. The molecule has 0 atom stereocenters. The highest BCUT2D eigenvalue weighted by molar-refractivity contribution is 5.53. The lowest BCUT2D eigenvalue weighted by atomic mass is 9.77. The Morgan fingerprint density at radius 3 is 3.00 bits per heavy atom. The Kier molecular flexibility index (Phi) is 2.61. The third-order valence-corrected chi connectivity index (χ3v) is 3.77. The second-order valence-electron chi connectivity index (χ2n) is 4.85. The summed E-state index contributed by atoms with van der Waals surface area (Å²) in [6, 6.07) is 6.06. The van der Waals surface area contributed by atoms with Gasteiger partial charge in [-0.05, 0) is 31.4 Å². The molecule has 4 heteroatoms. The molecule has 2 heterocycles. The van der Waals surface area contributed by atoms with Crippen molar-refractivity contribution >= 4 is 5.52 Å². The lowest BCUT2D eigenvalue weighted by Crippen LogP contribution is -2.53. The summed E-state index contributed by atoms with van der Waals surface area (Å²) in [7, 11) is 0. The summed E-state index contributed by atoms with van der Waals surface area (Å²) in [5, 5.41) is 17.2. The minimum atomic E-state index is -0.0387. The van der Waals surface area contributed by atoms with Crippen LogP contribution in [0.15, 0.2) is 30.6 Å². The van der Waals surface area contributed by atoms with Crippen LogP contribution in [0.25, 0.3) is 5.52 Å². The van der Waals surface area contributed by atoms with Crippen molar-refractivity contribution in [2.24, 2.45) is 0 Å². The number of hydrogen-bond donors (Lipinski definition) is 2. The van der Waals surface area contributed by atoms with E-state index in [0.29, 0.717) is 0 Å². The molecule has 3 rings (SSSR count).